The van der Waals surface area contributed by atoms with Crippen LogP contribution in [0, 0.1) is 35.5 Å². The van der Waals surface area contributed by atoms with Crippen molar-refractivity contribution in [3.05, 3.63) is 11.9 Å². The summed E-state index contributed by atoms with van der Waals surface area (Å²) in [7, 11) is 0. The van der Waals surface area contributed by atoms with Gasteiger partial charge in [0.15, 0.2) is 5.78 Å². The first-order valence-electron chi connectivity index (χ1n) is 7.48. The Morgan fingerprint density at radius 3 is 2.52 bits per heavy atom. The number of ketones is 1. The van der Waals surface area contributed by atoms with E-state index in [0.717, 1.165) is 23.7 Å². The Hall–Kier alpha value is -1.92. The highest BCUT2D eigenvalue weighted by atomic mass is 16.6. The van der Waals surface area contributed by atoms with Crippen molar-refractivity contribution in [2.24, 2.45) is 35.5 Å². The van der Waals surface area contributed by atoms with E-state index in [0.29, 0.717) is 17.5 Å². The fourth-order valence-electron chi connectivity index (χ4n) is 5.02. The molecule has 1 amide bonds. The number of Topliss-reactive ketones (excluding diaryl/α,β-unsaturated/α-hetero) is 1. The lowest BCUT2D eigenvalue weighted by atomic mass is 10.0. The van der Waals surface area contributed by atoms with Crippen molar-refractivity contribution in [2.75, 3.05) is 0 Å². The van der Waals surface area contributed by atoms with Crippen molar-refractivity contribution < 1.29 is 14.3 Å². The second-order valence-corrected chi connectivity index (χ2v) is 6.80. The van der Waals surface area contributed by atoms with Gasteiger partial charge in [0.2, 0.25) is 0 Å². The molecule has 5 aliphatic rings. The number of rotatable bonds is 5. The number of alkyl carbamates (subject to hydrolysis) is 1. The van der Waals surface area contributed by atoms with Crippen molar-refractivity contribution in [1.82, 2.24) is 20.3 Å². The summed E-state index contributed by atoms with van der Waals surface area (Å²) in [5.74, 6) is 4.93. The molecule has 0 radical (unpaired) electrons. The van der Waals surface area contributed by atoms with Gasteiger partial charge in [-0.25, -0.2) is 9.48 Å². The fraction of sp³-hybridized carbons (Fsp3) is 0.714. The number of nitrogens with zero attached hydrogens (tertiary/aromatic N) is 3. The topological polar surface area (TPSA) is 86.1 Å². The van der Waals surface area contributed by atoms with Crippen LogP contribution in [0.2, 0.25) is 0 Å². The van der Waals surface area contributed by atoms with E-state index in [1.165, 1.54) is 11.6 Å². The van der Waals surface area contributed by atoms with Gasteiger partial charge in [-0.1, -0.05) is 5.21 Å². The van der Waals surface area contributed by atoms with E-state index in [9.17, 15) is 9.59 Å². The summed E-state index contributed by atoms with van der Waals surface area (Å²) in [6.45, 7) is 1.98. The van der Waals surface area contributed by atoms with Crippen molar-refractivity contribution in [3.63, 3.8) is 0 Å². The highest BCUT2D eigenvalue weighted by Crippen LogP contribution is 2.92. The van der Waals surface area contributed by atoms with Gasteiger partial charge in [0.1, 0.15) is 18.3 Å². The van der Waals surface area contributed by atoms with Gasteiger partial charge in [-0.3, -0.25) is 4.79 Å². The van der Waals surface area contributed by atoms with E-state index in [-0.39, 0.29) is 31.1 Å². The molecule has 1 heterocycles. The standard InChI is InChI=1S/C14H16N4O3/c1-5(19)3-18-4-6(16-17-18)2-15-14(20)21-13-11-7-8(11)10-9(7)12(10)13/h4,7-13H,2-3H2,1H3,(H,15,20). The van der Waals surface area contributed by atoms with Gasteiger partial charge in [-0.15, -0.1) is 5.10 Å². The van der Waals surface area contributed by atoms with Crippen LogP contribution in [0.15, 0.2) is 6.20 Å². The summed E-state index contributed by atoms with van der Waals surface area (Å²) in [5.41, 5.74) is 0.624. The van der Waals surface area contributed by atoms with Crippen LogP contribution >= 0.6 is 0 Å². The van der Waals surface area contributed by atoms with Crippen LogP contribution in [-0.4, -0.2) is 33.0 Å². The highest BCUT2D eigenvalue weighted by molar-refractivity contribution is 5.75. The number of amides is 1. The van der Waals surface area contributed by atoms with Gasteiger partial charge in [-0.05, 0) is 30.6 Å². The van der Waals surface area contributed by atoms with Crippen LogP contribution in [0.3, 0.4) is 0 Å². The molecule has 21 heavy (non-hydrogen) atoms. The number of ether oxygens (including phenoxy) is 1. The van der Waals surface area contributed by atoms with E-state index in [1.54, 1.807) is 6.20 Å². The molecule has 0 atom stereocenters. The Morgan fingerprint density at radius 1 is 1.24 bits per heavy atom. The van der Waals surface area contributed by atoms with E-state index < -0.39 is 0 Å². The normalized spacial score (nSPS) is 42.8. The van der Waals surface area contributed by atoms with E-state index in [2.05, 4.69) is 15.6 Å². The van der Waals surface area contributed by atoms with Crippen molar-refractivity contribution >= 4 is 11.9 Å². The smallest absolute Gasteiger partial charge is 0.407 e. The molecule has 7 heteroatoms. The Morgan fingerprint density at radius 2 is 1.90 bits per heavy atom. The quantitative estimate of drug-likeness (QED) is 0.837. The minimum atomic E-state index is -0.362. The van der Waals surface area contributed by atoms with Crippen LogP contribution < -0.4 is 5.32 Å². The third kappa shape index (κ3) is 1.49. The zero-order valence-electron chi connectivity index (χ0n) is 11.6. The number of carbonyl (C=O) groups is 2. The number of aromatic nitrogens is 3. The third-order valence-electron chi connectivity index (χ3n) is 5.66. The van der Waals surface area contributed by atoms with E-state index in [1.807, 2.05) is 0 Å². The first-order chi connectivity index (χ1) is 10.1. The second kappa shape index (κ2) is 3.64. The van der Waals surface area contributed by atoms with Gasteiger partial charge in [0, 0.05) is 11.8 Å². The Labute approximate surface area is 121 Å². The summed E-state index contributed by atoms with van der Waals surface area (Å²) in [4.78, 5) is 22.8. The molecule has 7 nitrogen and oxygen atoms in total. The number of hydrogen-bond donors (Lipinski definition) is 1. The molecule has 5 fully saturated rings. The lowest BCUT2D eigenvalue weighted by molar-refractivity contribution is -0.117. The van der Waals surface area contributed by atoms with Crippen molar-refractivity contribution in [1.29, 1.82) is 0 Å². The summed E-state index contributed by atoms with van der Waals surface area (Å²) in [6.07, 6.45) is 1.47. The number of hydrogen-bond acceptors (Lipinski definition) is 5. The molecule has 0 saturated heterocycles. The molecule has 0 aliphatic heterocycles. The SMILES string of the molecule is CC(=O)Cn1cc(CNC(=O)OC2C3C4C3C3C2C43)nn1. The molecule has 6 rings (SSSR count). The molecule has 5 saturated carbocycles. The predicted molar refractivity (Wildman–Crippen MR) is 68.8 cm³/mol. The van der Waals surface area contributed by atoms with Gasteiger partial charge >= 0.3 is 6.09 Å². The molecule has 110 valence electrons. The summed E-state index contributed by atoms with van der Waals surface area (Å²) in [6, 6.07) is 0. The average Bonchev–Trinajstić information content (AvgIpc) is 3.00. The zero-order chi connectivity index (χ0) is 14.3. The molecule has 1 N–H and O–H groups in total. The van der Waals surface area contributed by atoms with E-state index in [4.69, 9.17) is 4.74 Å². The molecular weight excluding hydrogens is 272 g/mol. The molecule has 0 unspecified atom stereocenters. The predicted octanol–water partition coefficient (Wildman–Crippen LogP) is 0.213. The second-order valence-electron chi connectivity index (χ2n) is 6.80. The monoisotopic (exact) mass is 288 g/mol. The lowest BCUT2D eigenvalue weighted by Crippen LogP contribution is -2.29. The van der Waals surface area contributed by atoms with Crippen LogP contribution in [-0.2, 0) is 22.6 Å². The largest absolute Gasteiger partial charge is 0.446 e. The molecule has 1 aromatic heterocycles. The first kappa shape index (κ1) is 11.7. The van der Waals surface area contributed by atoms with Gasteiger partial charge < -0.3 is 10.1 Å². The van der Waals surface area contributed by atoms with Crippen LogP contribution in [0.25, 0.3) is 0 Å². The number of carbonyl (C=O) groups excluding carboxylic acids is 2. The molecule has 1 aromatic rings. The van der Waals surface area contributed by atoms with Crippen LogP contribution in [0.1, 0.15) is 12.6 Å². The zero-order valence-corrected chi connectivity index (χ0v) is 11.6. The molecule has 2 bridgehead atoms. The molecular formula is C14H16N4O3. The third-order valence-corrected chi connectivity index (χ3v) is 5.66. The highest BCUT2D eigenvalue weighted by Gasteiger charge is 2.93. The Kier molecular flexibility index (Phi) is 2.03. The van der Waals surface area contributed by atoms with Gasteiger partial charge in [-0.2, -0.15) is 0 Å². The van der Waals surface area contributed by atoms with Crippen molar-refractivity contribution in [2.45, 2.75) is 26.1 Å². The van der Waals surface area contributed by atoms with Gasteiger partial charge in [0.05, 0.1) is 12.7 Å². The summed E-state index contributed by atoms with van der Waals surface area (Å²) in [5, 5.41) is 10.5. The fourth-order valence-corrected chi connectivity index (χ4v) is 5.02. The van der Waals surface area contributed by atoms with Gasteiger partial charge in [0.25, 0.3) is 0 Å². The maximum atomic E-state index is 11.9. The molecule has 5 aliphatic carbocycles. The average molecular weight is 288 g/mol. The van der Waals surface area contributed by atoms with E-state index >= 15 is 0 Å². The summed E-state index contributed by atoms with van der Waals surface area (Å²) >= 11 is 0. The molecule has 0 aromatic carbocycles. The minimum absolute atomic E-state index is 0.0144. The number of nitrogens with one attached hydrogen (secondary N) is 1. The minimum Gasteiger partial charge on any atom is -0.446 e. The summed E-state index contributed by atoms with van der Waals surface area (Å²) < 4.78 is 7.04. The van der Waals surface area contributed by atoms with Crippen molar-refractivity contribution in [3.8, 4) is 0 Å². The first-order valence-corrected chi connectivity index (χ1v) is 7.48. The van der Waals surface area contributed by atoms with Crippen LogP contribution in [0.5, 0.6) is 0 Å². The maximum absolute atomic E-state index is 11.9. The Balaban J connectivity index is 1.13. The maximum Gasteiger partial charge on any atom is 0.407 e. The van der Waals surface area contributed by atoms with Crippen LogP contribution in [0.4, 0.5) is 4.79 Å². The Bertz CT molecular complexity index is 612. The molecule has 0 spiro atoms. The lowest BCUT2D eigenvalue weighted by Gasteiger charge is -2.13.